The summed E-state index contributed by atoms with van der Waals surface area (Å²) in [5.74, 6) is -0.993. The molecule has 0 heterocycles. The van der Waals surface area contributed by atoms with Crippen LogP contribution in [-0.2, 0) is 25.7 Å². The molecule has 0 saturated carbocycles. The molecule has 0 aromatic heterocycles. The molecule has 6 heteroatoms. The quantitative estimate of drug-likeness (QED) is 0.706. The molecule has 2 N–H and O–H groups in total. The molecular weight excluding hydrogens is 260 g/mol. The van der Waals surface area contributed by atoms with Crippen molar-refractivity contribution in [2.24, 2.45) is 0 Å². The Bertz CT molecular complexity index is 460. The summed E-state index contributed by atoms with van der Waals surface area (Å²) < 4.78 is 5.05. The number of hydrogen-bond acceptors (Lipinski definition) is 4. The average Bonchev–Trinajstić information content (AvgIpc) is 2.44. The highest BCUT2D eigenvalue weighted by molar-refractivity contribution is 5.83. The average molecular weight is 278 g/mol. The number of carbonyl (C=O) groups excluding carboxylic acids is 3. The van der Waals surface area contributed by atoms with Gasteiger partial charge < -0.3 is 15.4 Å². The first kappa shape index (κ1) is 15.7. The molecule has 1 aromatic carbocycles. The summed E-state index contributed by atoms with van der Waals surface area (Å²) in [5, 5.41) is 4.88. The molecule has 0 aliphatic heterocycles. The van der Waals surface area contributed by atoms with E-state index in [0.717, 1.165) is 5.56 Å². The molecular formula is C14H18N2O4. The van der Waals surface area contributed by atoms with E-state index >= 15 is 0 Å². The van der Waals surface area contributed by atoms with Gasteiger partial charge in [-0.05, 0) is 5.56 Å². The molecule has 108 valence electrons. The molecule has 0 aliphatic carbocycles. The van der Waals surface area contributed by atoms with E-state index in [2.05, 4.69) is 10.6 Å². The summed E-state index contributed by atoms with van der Waals surface area (Å²) in [5.41, 5.74) is 0.913. The highest BCUT2D eigenvalue weighted by Gasteiger charge is 2.05. The number of ether oxygens (including phenoxy) is 1. The molecule has 0 radical (unpaired) electrons. The molecule has 1 rings (SSSR count). The predicted octanol–water partition coefficient (Wildman–Crippen LogP) is 0.372. The van der Waals surface area contributed by atoms with Gasteiger partial charge in [0.25, 0.3) is 0 Å². The van der Waals surface area contributed by atoms with Crippen molar-refractivity contribution in [3.05, 3.63) is 35.9 Å². The molecule has 0 saturated heterocycles. The van der Waals surface area contributed by atoms with Crippen molar-refractivity contribution in [2.75, 3.05) is 13.1 Å². The van der Waals surface area contributed by atoms with Crippen LogP contribution in [0, 0.1) is 0 Å². The van der Waals surface area contributed by atoms with Crippen LogP contribution in [0.4, 0.5) is 0 Å². The van der Waals surface area contributed by atoms with Crippen LogP contribution in [0.3, 0.4) is 0 Å². The summed E-state index contributed by atoms with van der Waals surface area (Å²) in [6.45, 7) is 1.65. The van der Waals surface area contributed by atoms with Crippen molar-refractivity contribution in [1.29, 1.82) is 0 Å². The fourth-order valence-electron chi connectivity index (χ4n) is 1.38. The normalized spacial score (nSPS) is 9.65. The molecule has 2 amide bonds. The third kappa shape index (κ3) is 7.15. The summed E-state index contributed by atoms with van der Waals surface area (Å²) in [6.07, 6.45) is 0.0959. The van der Waals surface area contributed by atoms with Gasteiger partial charge in [0.1, 0.15) is 6.61 Å². The summed E-state index contributed by atoms with van der Waals surface area (Å²) in [6, 6.07) is 9.34. The predicted molar refractivity (Wildman–Crippen MR) is 72.5 cm³/mol. The van der Waals surface area contributed by atoms with Crippen LogP contribution in [0.5, 0.6) is 0 Å². The molecule has 0 spiro atoms. The van der Waals surface area contributed by atoms with Crippen LogP contribution in [0.15, 0.2) is 30.3 Å². The highest BCUT2D eigenvalue weighted by atomic mass is 16.5. The lowest BCUT2D eigenvalue weighted by Crippen LogP contribution is -2.36. The van der Waals surface area contributed by atoms with Gasteiger partial charge in [0.2, 0.25) is 11.8 Å². The lowest BCUT2D eigenvalue weighted by atomic mass is 10.2. The van der Waals surface area contributed by atoms with E-state index in [-0.39, 0.29) is 43.9 Å². The van der Waals surface area contributed by atoms with Crippen LogP contribution in [0.1, 0.15) is 18.9 Å². The van der Waals surface area contributed by atoms with Crippen molar-refractivity contribution in [3.8, 4) is 0 Å². The minimum absolute atomic E-state index is 0.0889. The van der Waals surface area contributed by atoms with Gasteiger partial charge in [-0.25, -0.2) is 0 Å². The van der Waals surface area contributed by atoms with Crippen LogP contribution < -0.4 is 10.6 Å². The lowest BCUT2D eigenvalue weighted by molar-refractivity contribution is -0.144. The smallest absolute Gasteiger partial charge is 0.307 e. The maximum atomic E-state index is 11.4. The molecule has 1 aromatic rings. The largest absolute Gasteiger partial charge is 0.461 e. The van der Waals surface area contributed by atoms with Crippen molar-refractivity contribution in [3.63, 3.8) is 0 Å². The number of amides is 2. The first-order chi connectivity index (χ1) is 9.58. The van der Waals surface area contributed by atoms with E-state index in [4.69, 9.17) is 4.74 Å². The maximum absolute atomic E-state index is 11.4. The van der Waals surface area contributed by atoms with Crippen molar-refractivity contribution in [1.82, 2.24) is 10.6 Å². The number of rotatable bonds is 7. The van der Waals surface area contributed by atoms with Crippen molar-refractivity contribution >= 4 is 17.8 Å². The second-order valence-corrected chi connectivity index (χ2v) is 4.16. The standard InChI is InChI=1S/C14H18N2O4/c1-11(17)16-9-13(18)15-8-7-14(19)20-10-12-5-3-2-4-6-12/h2-6H,7-10H2,1H3,(H,15,18)(H,16,17). The Morgan fingerprint density at radius 1 is 1.10 bits per heavy atom. The maximum Gasteiger partial charge on any atom is 0.307 e. The molecule has 6 nitrogen and oxygen atoms in total. The van der Waals surface area contributed by atoms with Gasteiger partial charge in [0.05, 0.1) is 13.0 Å². The van der Waals surface area contributed by atoms with Gasteiger partial charge in [-0.3, -0.25) is 14.4 Å². The fourth-order valence-corrected chi connectivity index (χ4v) is 1.38. The van der Waals surface area contributed by atoms with E-state index in [1.54, 1.807) is 0 Å². The van der Waals surface area contributed by atoms with Crippen molar-refractivity contribution in [2.45, 2.75) is 20.0 Å². The van der Waals surface area contributed by atoms with E-state index < -0.39 is 0 Å². The van der Waals surface area contributed by atoms with Crippen LogP contribution in [0.25, 0.3) is 0 Å². The van der Waals surface area contributed by atoms with Gasteiger partial charge in [-0.1, -0.05) is 30.3 Å². The highest BCUT2D eigenvalue weighted by Crippen LogP contribution is 2.01. The Hall–Kier alpha value is -2.37. The topological polar surface area (TPSA) is 84.5 Å². The van der Waals surface area contributed by atoms with E-state index in [1.807, 2.05) is 30.3 Å². The molecule has 0 unspecified atom stereocenters. The van der Waals surface area contributed by atoms with Gasteiger partial charge in [-0.2, -0.15) is 0 Å². The van der Waals surface area contributed by atoms with E-state index in [0.29, 0.717) is 0 Å². The minimum Gasteiger partial charge on any atom is -0.461 e. The summed E-state index contributed by atoms with van der Waals surface area (Å²) in [4.78, 5) is 33.2. The van der Waals surface area contributed by atoms with Crippen LogP contribution in [-0.4, -0.2) is 30.9 Å². The van der Waals surface area contributed by atoms with Crippen LogP contribution in [0.2, 0.25) is 0 Å². The zero-order chi connectivity index (χ0) is 14.8. The number of nitrogens with one attached hydrogen (secondary N) is 2. The van der Waals surface area contributed by atoms with E-state index in [9.17, 15) is 14.4 Å². The Kier molecular flexibility index (Phi) is 6.81. The number of benzene rings is 1. The Balaban J connectivity index is 2.11. The molecule has 0 atom stereocenters. The van der Waals surface area contributed by atoms with Gasteiger partial charge in [0, 0.05) is 13.5 Å². The molecule has 0 aliphatic rings. The second-order valence-electron chi connectivity index (χ2n) is 4.16. The summed E-state index contributed by atoms with van der Waals surface area (Å²) in [7, 11) is 0. The number of hydrogen-bond donors (Lipinski definition) is 2. The Morgan fingerprint density at radius 3 is 2.45 bits per heavy atom. The number of carbonyl (C=O) groups is 3. The zero-order valence-corrected chi connectivity index (χ0v) is 11.3. The van der Waals surface area contributed by atoms with Crippen molar-refractivity contribution < 1.29 is 19.1 Å². The monoisotopic (exact) mass is 278 g/mol. The fraction of sp³-hybridized carbons (Fsp3) is 0.357. The number of esters is 1. The second kappa shape index (κ2) is 8.68. The van der Waals surface area contributed by atoms with Gasteiger partial charge in [0.15, 0.2) is 0 Å². The third-order valence-corrected chi connectivity index (χ3v) is 2.39. The van der Waals surface area contributed by atoms with Crippen LogP contribution >= 0.6 is 0 Å². The lowest BCUT2D eigenvalue weighted by Gasteiger charge is -2.06. The van der Waals surface area contributed by atoms with E-state index in [1.165, 1.54) is 6.92 Å². The summed E-state index contributed by atoms with van der Waals surface area (Å²) >= 11 is 0. The molecule has 0 bridgehead atoms. The Morgan fingerprint density at radius 2 is 1.80 bits per heavy atom. The SMILES string of the molecule is CC(=O)NCC(=O)NCCC(=O)OCc1ccccc1. The first-order valence-corrected chi connectivity index (χ1v) is 6.28. The molecule has 0 fully saturated rings. The Labute approximate surface area is 117 Å². The molecule has 20 heavy (non-hydrogen) atoms. The minimum atomic E-state index is -0.381. The zero-order valence-electron chi connectivity index (χ0n) is 11.3. The van der Waals surface area contributed by atoms with Gasteiger partial charge >= 0.3 is 5.97 Å². The first-order valence-electron chi connectivity index (χ1n) is 6.28. The third-order valence-electron chi connectivity index (χ3n) is 2.39. The van der Waals surface area contributed by atoms with Gasteiger partial charge in [-0.15, -0.1) is 0 Å².